The summed E-state index contributed by atoms with van der Waals surface area (Å²) >= 11 is 0. The van der Waals surface area contributed by atoms with Gasteiger partial charge in [-0.15, -0.1) is 0 Å². The summed E-state index contributed by atoms with van der Waals surface area (Å²) in [4.78, 5) is 12.3. The van der Waals surface area contributed by atoms with Gasteiger partial charge in [-0.3, -0.25) is 4.79 Å². The van der Waals surface area contributed by atoms with Crippen molar-refractivity contribution in [3.05, 3.63) is 34.9 Å². The van der Waals surface area contributed by atoms with Crippen LogP contribution in [0.3, 0.4) is 0 Å². The van der Waals surface area contributed by atoms with E-state index in [4.69, 9.17) is 9.84 Å². The number of rotatable bonds is 3. The van der Waals surface area contributed by atoms with Crippen molar-refractivity contribution in [1.82, 2.24) is 5.32 Å². The van der Waals surface area contributed by atoms with Crippen LogP contribution in [-0.4, -0.2) is 36.4 Å². The maximum atomic E-state index is 12.3. The molecule has 2 rings (SSSR count). The molecule has 1 aliphatic rings. The fourth-order valence-electron chi connectivity index (χ4n) is 2.22. The molecule has 1 aromatic carbocycles. The van der Waals surface area contributed by atoms with Crippen molar-refractivity contribution in [2.24, 2.45) is 0 Å². The monoisotopic (exact) mass is 287 g/mol. The average Bonchev–Trinajstić information content (AvgIpc) is 2.87. The van der Waals surface area contributed by atoms with Gasteiger partial charge in [-0.25, -0.2) is 0 Å². The number of hydrogen-bond acceptors (Lipinski definition) is 3. The first kappa shape index (κ1) is 15.6. The third-order valence-electron chi connectivity index (χ3n) is 3.59. The number of hydrogen-bond donors (Lipinski definition) is 2. The Morgan fingerprint density at radius 2 is 2.33 bits per heavy atom. The predicted octanol–water partition coefficient (Wildman–Crippen LogP) is 1.64. The van der Waals surface area contributed by atoms with Crippen LogP contribution in [0.25, 0.3) is 0 Å². The Hall–Kier alpha value is -1.83. The maximum Gasteiger partial charge on any atom is 0.251 e. The van der Waals surface area contributed by atoms with E-state index in [0.29, 0.717) is 25.2 Å². The van der Waals surface area contributed by atoms with E-state index in [9.17, 15) is 4.79 Å². The lowest BCUT2D eigenvalue weighted by Crippen LogP contribution is -2.46. The number of ether oxygens (including phenoxy) is 1. The first-order valence-corrected chi connectivity index (χ1v) is 7.15. The van der Waals surface area contributed by atoms with Crippen molar-refractivity contribution in [3.63, 3.8) is 0 Å². The minimum Gasteiger partial charge on any atom is -0.395 e. The molecule has 1 saturated heterocycles. The molecule has 1 aromatic rings. The summed E-state index contributed by atoms with van der Waals surface area (Å²) in [6.45, 7) is 5.23. The van der Waals surface area contributed by atoms with Crippen molar-refractivity contribution in [1.29, 1.82) is 0 Å². The zero-order valence-corrected chi connectivity index (χ0v) is 12.5. The van der Waals surface area contributed by atoms with Crippen LogP contribution in [0, 0.1) is 18.8 Å². The van der Waals surface area contributed by atoms with E-state index in [-0.39, 0.29) is 18.1 Å². The molecular formula is C17H21NO3. The van der Waals surface area contributed by atoms with Crippen molar-refractivity contribution in [2.75, 3.05) is 19.8 Å². The molecule has 0 spiro atoms. The Labute approximate surface area is 125 Å². The molecule has 0 saturated carbocycles. The first-order chi connectivity index (χ1) is 10.0. The molecule has 4 heteroatoms. The smallest absolute Gasteiger partial charge is 0.251 e. The van der Waals surface area contributed by atoms with Crippen LogP contribution in [0.2, 0.25) is 0 Å². The number of benzene rings is 1. The lowest BCUT2D eigenvalue weighted by atomic mass is 10.00. The molecule has 0 aliphatic carbocycles. The summed E-state index contributed by atoms with van der Waals surface area (Å²) in [5, 5.41) is 11.8. The second-order valence-electron chi connectivity index (χ2n) is 5.62. The summed E-state index contributed by atoms with van der Waals surface area (Å²) in [5.74, 6) is 5.78. The summed E-state index contributed by atoms with van der Waals surface area (Å²) in [6.07, 6.45) is 1.26. The van der Waals surface area contributed by atoms with Gasteiger partial charge < -0.3 is 15.2 Å². The first-order valence-electron chi connectivity index (χ1n) is 7.15. The van der Waals surface area contributed by atoms with E-state index in [2.05, 4.69) is 17.2 Å². The van der Waals surface area contributed by atoms with Gasteiger partial charge in [-0.2, -0.15) is 0 Å². The lowest BCUT2D eigenvalue weighted by molar-refractivity contribution is 0.0890. The number of carbonyl (C=O) groups excluding carboxylic acids is 1. The molecule has 0 aromatic heterocycles. The van der Waals surface area contributed by atoms with Gasteiger partial charge in [0, 0.05) is 24.2 Å². The summed E-state index contributed by atoms with van der Waals surface area (Å²) < 4.78 is 5.34. The summed E-state index contributed by atoms with van der Waals surface area (Å²) in [7, 11) is 0. The summed E-state index contributed by atoms with van der Waals surface area (Å²) in [6, 6.07) is 5.50. The largest absolute Gasteiger partial charge is 0.395 e. The number of aryl methyl sites for hydroxylation is 1. The fraction of sp³-hybridized carbons (Fsp3) is 0.471. The minimum atomic E-state index is -0.287. The minimum absolute atomic E-state index is 0.0462. The summed E-state index contributed by atoms with van der Waals surface area (Å²) in [5.41, 5.74) is 2.16. The molecule has 1 fully saturated rings. The van der Waals surface area contributed by atoms with E-state index in [1.165, 1.54) is 0 Å². The molecule has 1 amide bonds. The molecule has 2 N–H and O–H groups in total. The third kappa shape index (κ3) is 4.07. The second-order valence-corrected chi connectivity index (χ2v) is 5.62. The van der Waals surface area contributed by atoms with E-state index in [0.717, 1.165) is 17.5 Å². The molecule has 21 heavy (non-hydrogen) atoms. The Kier molecular flexibility index (Phi) is 5.00. The van der Waals surface area contributed by atoms with Crippen molar-refractivity contribution < 1.29 is 14.6 Å². The third-order valence-corrected chi connectivity index (χ3v) is 3.59. The molecular weight excluding hydrogens is 266 g/mol. The van der Waals surface area contributed by atoms with Crippen molar-refractivity contribution in [2.45, 2.75) is 32.2 Å². The quantitative estimate of drug-likeness (QED) is 0.831. The SMILES string of the molecule is Cc1ccc(C(=O)NC2(C)CCOC2)cc1C#CCCO. The van der Waals surface area contributed by atoms with E-state index >= 15 is 0 Å². The second kappa shape index (κ2) is 6.75. The molecule has 1 heterocycles. The zero-order valence-electron chi connectivity index (χ0n) is 12.5. The predicted molar refractivity (Wildman–Crippen MR) is 81.1 cm³/mol. The highest BCUT2D eigenvalue weighted by Crippen LogP contribution is 2.19. The maximum absolute atomic E-state index is 12.3. The van der Waals surface area contributed by atoms with Gasteiger partial charge in [0.05, 0.1) is 18.8 Å². The number of nitrogens with one attached hydrogen (secondary N) is 1. The molecule has 0 radical (unpaired) electrons. The highest BCUT2D eigenvalue weighted by molar-refractivity contribution is 5.95. The molecule has 112 valence electrons. The van der Waals surface area contributed by atoms with Gasteiger partial charge in [-0.05, 0) is 38.0 Å². The van der Waals surface area contributed by atoms with E-state index in [1.807, 2.05) is 19.9 Å². The zero-order chi connectivity index (χ0) is 15.3. The van der Waals surface area contributed by atoms with Crippen LogP contribution >= 0.6 is 0 Å². The number of aliphatic hydroxyl groups is 1. The topological polar surface area (TPSA) is 58.6 Å². The van der Waals surface area contributed by atoms with Gasteiger partial charge >= 0.3 is 0 Å². The van der Waals surface area contributed by atoms with E-state index < -0.39 is 0 Å². The Balaban J connectivity index is 2.14. The molecule has 4 nitrogen and oxygen atoms in total. The number of carbonyl (C=O) groups is 1. The molecule has 1 aliphatic heterocycles. The Bertz CT molecular complexity index is 577. The van der Waals surface area contributed by atoms with Crippen LogP contribution in [0.5, 0.6) is 0 Å². The Morgan fingerprint density at radius 1 is 1.52 bits per heavy atom. The number of amides is 1. The van der Waals surface area contributed by atoms with Gasteiger partial charge in [-0.1, -0.05) is 17.9 Å². The van der Waals surface area contributed by atoms with Crippen molar-refractivity contribution >= 4 is 5.91 Å². The highest BCUT2D eigenvalue weighted by Gasteiger charge is 2.31. The van der Waals surface area contributed by atoms with Crippen LogP contribution in [0.4, 0.5) is 0 Å². The molecule has 1 unspecified atom stereocenters. The van der Waals surface area contributed by atoms with Gasteiger partial charge in [0.25, 0.3) is 5.91 Å². The highest BCUT2D eigenvalue weighted by atomic mass is 16.5. The Morgan fingerprint density at radius 3 is 3.00 bits per heavy atom. The van der Waals surface area contributed by atoms with Gasteiger partial charge in [0.1, 0.15) is 0 Å². The van der Waals surface area contributed by atoms with Crippen molar-refractivity contribution in [3.8, 4) is 11.8 Å². The lowest BCUT2D eigenvalue weighted by Gasteiger charge is -2.23. The standard InChI is InChI=1S/C17H21NO3/c1-13-6-7-15(11-14(13)5-3-4-9-19)16(20)18-17(2)8-10-21-12-17/h6-7,11,19H,4,8-10,12H2,1-2H3,(H,18,20). The average molecular weight is 287 g/mol. The fourth-order valence-corrected chi connectivity index (χ4v) is 2.22. The van der Waals surface area contributed by atoms with E-state index in [1.54, 1.807) is 12.1 Å². The van der Waals surface area contributed by atoms with Crippen LogP contribution in [0.15, 0.2) is 18.2 Å². The van der Waals surface area contributed by atoms with Crippen LogP contribution in [0.1, 0.15) is 41.3 Å². The van der Waals surface area contributed by atoms with Gasteiger partial charge in [0.2, 0.25) is 0 Å². The number of aliphatic hydroxyl groups excluding tert-OH is 1. The van der Waals surface area contributed by atoms with Crippen LogP contribution in [-0.2, 0) is 4.74 Å². The molecule has 1 atom stereocenters. The van der Waals surface area contributed by atoms with Crippen LogP contribution < -0.4 is 5.32 Å². The normalized spacial score (nSPS) is 20.7. The van der Waals surface area contributed by atoms with Gasteiger partial charge in [0.15, 0.2) is 0 Å². The molecule has 0 bridgehead atoms.